The second-order valence-corrected chi connectivity index (χ2v) is 3.46. The van der Waals surface area contributed by atoms with Gasteiger partial charge in [-0.2, -0.15) is 18.3 Å². The fourth-order valence-electron chi connectivity index (χ4n) is 0.876. The highest BCUT2D eigenvalue weighted by atomic mass is 27.1. The van der Waals surface area contributed by atoms with E-state index in [-0.39, 0.29) is 16.5 Å². The summed E-state index contributed by atoms with van der Waals surface area (Å²) in [7, 11) is 0.982. The zero-order chi connectivity index (χ0) is 11.1. The Morgan fingerprint density at radius 2 is 1.86 bits per heavy atom. The highest BCUT2D eigenvalue weighted by Gasteiger charge is 2.37. The van der Waals surface area contributed by atoms with Crippen molar-refractivity contribution in [1.29, 1.82) is 0 Å². The SMILES string of the molecule is Cn1c(=O)c(C(F)(F)F)n[n]([AlH2])c1=O. The Bertz CT molecular complexity index is 475. The molecule has 0 amide bonds. The summed E-state index contributed by atoms with van der Waals surface area (Å²) in [5.41, 5.74) is -3.82. The maximum absolute atomic E-state index is 12.2. The van der Waals surface area contributed by atoms with Gasteiger partial charge >= 0.3 is 28.4 Å². The normalized spacial score (nSPS) is 11.7. The van der Waals surface area contributed by atoms with Gasteiger partial charge in [0.1, 0.15) is 0 Å². The van der Waals surface area contributed by atoms with Crippen LogP contribution in [-0.2, 0) is 13.2 Å². The molecule has 0 N–H and O–H groups in total. The van der Waals surface area contributed by atoms with Gasteiger partial charge in [0, 0.05) is 7.05 Å². The van der Waals surface area contributed by atoms with Gasteiger partial charge in [0.15, 0.2) is 0 Å². The summed E-state index contributed by atoms with van der Waals surface area (Å²) in [5, 5.41) is 2.91. The number of hydrogen-bond acceptors (Lipinski definition) is 3. The molecule has 1 heterocycles. The lowest BCUT2D eigenvalue weighted by atomic mass is 10.4. The Hall–Kier alpha value is -1.07. The van der Waals surface area contributed by atoms with Gasteiger partial charge in [-0.05, 0) is 0 Å². The van der Waals surface area contributed by atoms with Crippen LogP contribution < -0.4 is 11.2 Å². The Morgan fingerprint density at radius 3 is 2.29 bits per heavy atom. The molecule has 76 valence electrons. The van der Waals surface area contributed by atoms with Crippen LogP contribution in [0.15, 0.2) is 9.59 Å². The van der Waals surface area contributed by atoms with E-state index < -0.39 is 23.1 Å². The molecule has 14 heavy (non-hydrogen) atoms. The summed E-state index contributed by atoms with van der Waals surface area (Å²) in [5.74, 6) is 0. The lowest BCUT2D eigenvalue weighted by Gasteiger charge is -2.08. The predicted octanol–water partition coefficient (Wildman–Crippen LogP) is -1.64. The molecule has 0 bridgehead atoms. The summed E-state index contributed by atoms with van der Waals surface area (Å²) in [4.78, 5) is 22.0. The summed E-state index contributed by atoms with van der Waals surface area (Å²) in [6, 6.07) is 0. The summed E-state index contributed by atoms with van der Waals surface area (Å²) >= 11 is -0.0118. The van der Waals surface area contributed by atoms with Gasteiger partial charge in [0.25, 0.3) is 5.56 Å². The summed E-state index contributed by atoms with van der Waals surface area (Å²) in [6.45, 7) is 0. The molecule has 1 rings (SSSR count). The molecule has 0 aliphatic rings. The first-order chi connectivity index (χ1) is 6.25. The molecule has 0 radical (unpaired) electrons. The fourth-order valence-corrected chi connectivity index (χ4v) is 1.38. The first-order valence-corrected chi connectivity index (χ1v) is 4.36. The Balaban J connectivity index is 3.67. The topological polar surface area (TPSA) is 56.9 Å². The van der Waals surface area contributed by atoms with Crippen LogP contribution in [0.25, 0.3) is 0 Å². The first kappa shape index (κ1) is 11.0. The number of aromatic nitrogens is 3. The van der Waals surface area contributed by atoms with E-state index in [2.05, 4.69) is 5.10 Å². The Kier molecular flexibility index (Phi) is 2.56. The lowest BCUT2D eigenvalue weighted by molar-refractivity contribution is -0.143. The zero-order valence-corrected chi connectivity index (χ0v) is 9.29. The smallest absolute Gasteiger partial charge is 0.322 e. The third-order valence-corrected chi connectivity index (χ3v) is 2.17. The maximum Gasteiger partial charge on any atom is 0.440 e. The number of hydrogen-bond donors (Lipinski definition) is 0. The molecule has 1 aromatic rings. The molecule has 0 saturated carbocycles. The van der Waals surface area contributed by atoms with E-state index >= 15 is 0 Å². The molecule has 0 aliphatic heterocycles. The minimum atomic E-state index is -4.82. The van der Waals surface area contributed by atoms with E-state index in [1.54, 1.807) is 0 Å². The predicted molar refractivity (Wildman–Crippen MR) is 42.7 cm³/mol. The zero-order valence-electron chi connectivity index (χ0n) is 7.29. The van der Waals surface area contributed by atoms with Gasteiger partial charge < -0.3 is 3.67 Å². The molecule has 0 unspecified atom stereocenters. The van der Waals surface area contributed by atoms with E-state index in [0.717, 1.165) is 7.05 Å². The highest BCUT2D eigenvalue weighted by molar-refractivity contribution is 6.05. The van der Waals surface area contributed by atoms with Crippen molar-refractivity contribution in [2.45, 2.75) is 6.18 Å². The molecule has 0 saturated heterocycles. The van der Waals surface area contributed by atoms with Gasteiger partial charge in [0.2, 0.25) is 5.69 Å². The fraction of sp³-hybridized carbons (Fsp3) is 0.400. The number of nitrogens with zero attached hydrogens (tertiary/aromatic N) is 3. The van der Waals surface area contributed by atoms with E-state index in [9.17, 15) is 22.8 Å². The molecular weight excluding hydrogens is 218 g/mol. The van der Waals surface area contributed by atoms with Crippen LogP contribution in [0.5, 0.6) is 0 Å². The molecule has 0 spiro atoms. The maximum atomic E-state index is 12.2. The molecule has 0 aliphatic carbocycles. The van der Waals surface area contributed by atoms with E-state index in [4.69, 9.17) is 0 Å². The molecular formula is C5H5AlF3N3O2. The summed E-state index contributed by atoms with van der Waals surface area (Å²) in [6.07, 6.45) is -4.82. The number of alkyl halides is 3. The van der Waals surface area contributed by atoms with Gasteiger partial charge in [-0.3, -0.25) is 9.36 Å². The van der Waals surface area contributed by atoms with Crippen molar-refractivity contribution in [2.75, 3.05) is 0 Å². The monoisotopic (exact) mass is 223 g/mol. The largest absolute Gasteiger partial charge is 0.440 e. The molecule has 0 fully saturated rings. The second-order valence-electron chi connectivity index (χ2n) is 2.62. The van der Waals surface area contributed by atoms with Crippen molar-refractivity contribution < 1.29 is 13.2 Å². The van der Waals surface area contributed by atoms with Gasteiger partial charge in [-0.1, -0.05) is 0 Å². The van der Waals surface area contributed by atoms with Crippen molar-refractivity contribution in [3.63, 3.8) is 0 Å². The van der Waals surface area contributed by atoms with Gasteiger partial charge in [0.05, 0.1) is 0 Å². The highest BCUT2D eigenvalue weighted by Crippen LogP contribution is 2.23. The van der Waals surface area contributed by atoms with E-state index in [0.29, 0.717) is 8.23 Å². The third kappa shape index (κ3) is 1.74. The van der Waals surface area contributed by atoms with Crippen LogP contribution in [0.3, 0.4) is 0 Å². The van der Waals surface area contributed by atoms with Crippen molar-refractivity contribution in [2.24, 2.45) is 7.05 Å². The first-order valence-electron chi connectivity index (χ1n) is 3.46. The minimum absolute atomic E-state index is 0.0118. The lowest BCUT2D eigenvalue weighted by Crippen LogP contribution is -2.43. The molecule has 9 heteroatoms. The molecule has 5 nitrogen and oxygen atoms in total. The molecule has 1 aromatic heterocycles. The van der Waals surface area contributed by atoms with Crippen molar-refractivity contribution in [1.82, 2.24) is 13.3 Å². The van der Waals surface area contributed by atoms with Crippen LogP contribution in [0, 0.1) is 0 Å². The van der Waals surface area contributed by atoms with Crippen LogP contribution in [0.4, 0.5) is 13.2 Å². The quantitative estimate of drug-likeness (QED) is 0.495. The number of rotatable bonds is 0. The van der Waals surface area contributed by atoms with Crippen LogP contribution in [0.1, 0.15) is 5.69 Å². The van der Waals surface area contributed by atoms with Gasteiger partial charge in [-0.15, -0.1) is 0 Å². The Morgan fingerprint density at radius 1 is 1.36 bits per heavy atom. The van der Waals surface area contributed by atoms with Crippen molar-refractivity contribution in [3.8, 4) is 0 Å². The van der Waals surface area contributed by atoms with Crippen LogP contribution in [-0.4, -0.2) is 29.8 Å². The van der Waals surface area contributed by atoms with Gasteiger partial charge in [-0.25, -0.2) is 4.79 Å². The molecule has 0 aromatic carbocycles. The van der Waals surface area contributed by atoms with E-state index in [1.165, 1.54) is 0 Å². The van der Waals surface area contributed by atoms with E-state index in [1.807, 2.05) is 0 Å². The average molecular weight is 223 g/mol. The molecule has 0 atom stereocenters. The van der Waals surface area contributed by atoms with Crippen molar-refractivity contribution in [3.05, 3.63) is 26.5 Å². The van der Waals surface area contributed by atoms with Crippen LogP contribution in [0.2, 0.25) is 0 Å². The summed E-state index contributed by atoms with van der Waals surface area (Å²) < 4.78 is 37.5. The standard InChI is InChI=1S/C5H4F3N3O2.Al.2H/c1-11-3(12)2(5(6,7)8)9-10-4(11)13;;;/h1H3,(H,10,12,13);;;/q;+1;;/p-1. The van der Waals surface area contributed by atoms with Crippen LogP contribution >= 0.6 is 0 Å². The average Bonchev–Trinajstić information content (AvgIpc) is 2.06. The third-order valence-electron chi connectivity index (χ3n) is 1.59. The number of halogens is 3. The second kappa shape index (κ2) is 3.25. The van der Waals surface area contributed by atoms with Crippen molar-refractivity contribution >= 4 is 16.5 Å². The minimum Gasteiger partial charge on any atom is -0.322 e. The Labute approximate surface area is 83.4 Å².